The first-order chi connectivity index (χ1) is 20.1. The molecule has 3 amide bonds. The molecule has 2 heterocycles. The van der Waals surface area contributed by atoms with E-state index >= 15 is 0 Å². The SMILES string of the molecule is COCC(NC(=O)c1cccc(C(C)(C)CNC(=O)O)c1)C(=O)Nc1nc(-c2cccc(-c3ccnc(C)c3)c2)cs1. The fourth-order valence-electron chi connectivity index (χ4n) is 4.31. The Labute approximate surface area is 248 Å². The smallest absolute Gasteiger partial charge is 0.404 e. The minimum atomic E-state index is -1.12. The first-order valence-electron chi connectivity index (χ1n) is 13.2. The molecule has 4 rings (SSSR count). The summed E-state index contributed by atoms with van der Waals surface area (Å²) in [7, 11) is 1.45. The Hall–Kier alpha value is -4.61. The van der Waals surface area contributed by atoms with Gasteiger partial charge in [0.15, 0.2) is 5.13 Å². The molecule has 1 atom stereocenters. The molecule has 42 heavy (non-hydrogen) atoms. The van der Waals surface area contributed by atoms with E-state index in [4.69, 9.17) is 9.84 Å². The van der Waals surface area contributed by atoms with E-state index in [1.165, 1.54) is 18.4 Å². The molecule has 0 bridgehead atoms. The summed E-state index contributed by atoms with van der Waals surface area (Å²) in [5, 5.41) is 19.1. The number of methoxy groups -OCH3 is 1. The number of hydrogen-bond donors (Lipinski definition) is 4. The van der Waals surface area contributed by atoms with Crippen molar-refractivity contribution in [2.75, 3.05) is 25.6 Å². The van der Waals surface area contributed by atoms with Gasteiger partial charge in [-0.05, 0) is 53.9 Å². The fraction of sp³-hybridized carbons (Fsp3) is 0.258. The molecule has 0 aliphatic carbocycles. The van der Waals surface area contributed by atoms with Crippen LogP contribution >= 0.6 is 11.3 Å². The molecule has 4 N–H and O–H groups in total. The van der Waals surface area contributed by atoms with E-state index in [0.717, 1.165) is 27.9 Å². The van der Waals surface area contributed by atoms with E-state index in [0.29, 0.717) is 16.4 Å². The lowest BCUT2D eigenvalue weighted by atomic mass is 9.84. The van der Waals surface area contributed by atoms with Crippen molar-refractivity contribution >= 4 is 34.4 Å². The zero-order valence-corrected chi connectivity index (χ0v) is 24.6. The molecule has 0 saturated heterocycles. The van der Waals surface area contributed by atoms with Crippen molar-refractivity contribution in [3.05, 3.63) is 89.1 Å². The Morgan fingerprint density at radius 1 is 1.02 bits per heavy atom. The zero-order valence-electron chi connectivity index (χ0n) is 23.8. The van der Waals surface area contributed by atoms with Crippen LogP contribution in [-0.4, -0.2) is 59.3 Å². The summed E-state index contributed by atoms with van der Waals surface area (Å²) in [6.07, 6.45) is 0.659. The average Bonchev–Trinajstić information content (AvgIpc) is 3.44. The number of hydrogen-bond acceptors (Lipinski definition) is 7. The van der Waals surface area contributed by atoms with Crippen molar-refractivity contribution in [1.29, 1.82) is 0 Å². The number of thiazole rings is 1. The molecule has 0 spiro atoms. The zero-order chi connectivity index (χ0) is 30.3. The van der Waals surface area contributed by atoms with Crippen LogP contribution < -0.4 is 16.0 Å². The van der Waals surface area contributed by atoms with Gasteiger partial charge in [0.05, 0.1) is 12.3 Å². The molecule has 0 aliphatic rings. The van der Waals surface area contributed by atoms with E-state index in [-0.39, 0.29) is 13.2 Å². The predicted molar refractivity (Wildman–Crippen MR) is 163 cm³/mol. The van der Waals surface area contributed by atoms with E-state index in [1.807, 2.05) is 68.6 Å². The van der Waals surface area contributed by atoms with Gasteiger partial charge in [0, 0.05) is 47.5 Å². The summed E-state index contributed by atoms with van der Waals surface area (Å²) in [4.78, 5) is 46.1. The Morgan fingerprint density at radius 2 is 1.76 bits per heavy atom. The highest BCUT2D eigenvalue weighted by atomic mass is 32.1. The van der Waals surface area contributed by atoms with Gasteiger partial charge in [-0.15, -0.1) is 11.3 Å². The van der Waals surface area contributed by atoms with Crippen molar-refractivity contribution in [1.82, 2.24) is 20.6 Å². The number of carbonyl (C=O) groups excluding carboxylic acids is 2. The molecule has 2 aromatic heterocycles. The Bertz CT molecular complexity index is 1590. The number of anilines is 1. The number of aryl methyl sites for hydroxylation is 1. The summed E-state index contributed by atoms with van der Waals surface area (Å²) >= 11 is 1.28. The second-order valence-corrected chi connectivity index (χ2v) is 11.3. The molecule has 4 aromatic rings. The molecule has 218 valence electrons. The second-order valence-electron chi connectivity index (χ2n) is 10.4. The predicted octanol–water partition coefficient (Wildman–Crippen LogP) is 5.11. The quantitative estimate of drug-likeness (QED) is 0.191. The molecule has 1 unspecified atom stereocenters. The van der Waals surface area contributed by atoms with Crippen LogP contribution in [0.5, 0.6) is 0 Å². The second kappa shape index (κ2) is 13.4. The lowest BCUT2D eigenvalue weighted by Gasteiger charge is -2.25. The van der Waals surface area contributed by atoms with Gasteiger partial charge in [0.2, 0.25) is 0 Å². The minimum absolute atomic E-state index is 0.0447. The highest BCUT2D eigenvalue weighted by Crippen LogP contribution is 2.29. The maximum Gasteiger partial charge on any atom is 0.404 e. The Kier molecular flexibility index (Phi) is 9.66. The number of rotatable bonds is 11. The van der Waals surface area contributed by atoms with Crippen LogP contribution in [0.1, 0.15) is 35.5 Å². The number of carboxylic acid groups (broad SMARTS) is 1. The van der Waals surface area contributed by atoms with E-state index in [2.05, 4.69) is 25.9 Å². The molecule has 0 aliphatic heterocycles. The van der Waals surface area contributed by atoms with Crippen molar-refractivity contribution in [2.45, 2.75) is 32.2 Å². The van der Waals surface area contributed by atoms with Gasteiger partial charge in [-0.1, -0.05) is 44.2 Å². The number of amides is 3. The third-order valence-corrected chi connectivity index (χ3v) is 7.42. The average molecular weight is 588 g/mol. The lowest BCUT2D eigenvalue weighted by molar-refractivity contribution is -0.119. The van der Waals surface area contributed by atoms with Gasteiger partial charge in [-0.3, -0.25) is 14.6 Å². The molecular formula is C31H33N5O5S. The Morgan fingerprint density at radius 3 is 2.50 bits per heavy atom. The normalized spacial score (nSPS) is 11.9. The van der Waals surface area contributed by atoms with Crippen LogP contribution in [-0.2, 0) is 14.9 Å². The summed E-state index contributed by atoms with van der Waals surface area (Å²) < 4.78 is 5.21. The molecule has 0 saturated carbocycles. The van der Waals surface area contributed by atoms with Gasteiger partial charge < -0.3 is 25.8 Å². The minimum Gasteiger partial charge on any atom is -0.465 e. The van der Waals surface area contributed by atoms with Gasteiger partial charge in [0.1, 0.15) is 6.04 Å². The van der Waals surface area contributed by atoms with E-state index in [9.17, 15) is 14.4 Å². The summed E-state index contributed by atoms with van der Waals surface area (Å²) in [5.74, 6) is -0.923. The van der Waals surface area contributed by atoms with Gasteiger partial charge in [-0.25, -0.2) is 9.78 Å². The molecule has 2 aromatic carbocycles. The fourth-order valence-corrected chi connectivity index (χ4v) is 5.03. The van der Waals surface area contributed by atoms with E-state index < -0.39 is 29.4 Å². The third kappa shape index (κ3) is 7.77. The third-order valence-electron chi connectivity index (χ3n) is 6.67. The van der Waals surface area contributed by atoms with Crippen molar-refractivity contribution in [3.63, 3.8) is 0 Å². The number of nitrogens with one attached hydrogen (secondary N) is 3. The maximum absolute atomic E-state index is 13.2. The number of nitrogens with zero attached hydrogens (tertiary/aromatic N) is 2. The summed E-state index contributed by atoms with van der Waals surface area (Å²) in [6, 6.07) is 17.9. The standard InChI is InChI=1S/C31H33N5O5S/c1-19-13-21(11-12-32-19)20-7-5-8-22(14-20)26-17-42-29(35-26)36-28(38)25(16-41-4)34-27(37)23-9-6-10-24(15-23)31(2,3)18-33-30(39)40/h5-15,17,25,33H,16,18H2,1-4H3,(H,34,37)(H,39,40)(H,35,36,38). The first kappa shape index (κ1) is 30.4. The highest BCUT2D eigenvalue weighted by molar-refractivity contribution is 7.14. The Balaban J connectivity index is 1.44. The van der Waals surface area contributed by atoms with Gasteiger partial charge >= 0.3 is 6.09 Å². The summed E-state index contributed by atoms with van der Waals surface area (Å²) in [5.41, 5.74) is 5.19. The number of benzene rings is 2. The topological polar surface area (TPSA) is 143 Å². The largest absolute Gasteiger partial charge is 0.465 e. The maximum atomic E-state index is 13.2. The van der Waals surface area contributed by atoms with Crippen LogP contribution in [0, 0.1) is 6.92 Å². The number of aromatic nitrogens is 2. The van der Waals surface area contributed by atoms with Gasteiger partial charge in [-0.2, -0.15) is 0 Å². The molecule has 11 heteroatoms. The first-order valence-corrected chi connectivity index (χ1v) is 14.1. The molecule has 0 fully saturated rings. The van der Waals surface area contributed by atoms with Gasteiger partial charge in [0.25, 0.3) is 11.8 Å². The number of ether oxygens (including phenoxy) is 1. The van der Waals surface area contributed by atoms with Crippen LogP contribution in [0.15, 0.2) is 72.2 Å². The van der Waals surface area contributed by atoms with Crippen molar-refractivity contribution in [2.24, 2.45) is 0 Å². The van der Waals surface area contributed by atoms with Crippen LogP contribution in [0.4, 0.5) is 9.93 Å². The number of pyridine rings is 1. The monoisotopic (exact) mass is 587 g/mol. The highest BCUT2D eigenvalue weighted by Gasteiger charge is 2.25. The van der Waals surface area contributed by atoms with Crippen LogP contribution in [0.25, 0.3) is 22.4 Å². The van der Waals surface area contributed by atoms with Crippen LogP contribution in [0.3, 0.4) is 0 Å². The molecule has 0 radical (unpaired) electrons. The number of carbonyl (C=O) groups is 3. The van der Waals surface area contributed by atoms with Crippen molar-refractivity contribution < 1.29 is 24.2 Å². The van der Waals surface area contributed by atoms with Crippen molar-refractivity contribution in [3.8, 4) is 22.4 Å². The van der Waals surface area contributed by atoms with Crippen LogP contribution in [0.2, 0.25) is 0 Å². The molecular weight excluding hydrogens is 554 g/mol. The summed E-state index contributed by atoms with van der Waals surface area (Å²) in [6.45, 7) is 5.82. The molecule has 10 nitrogen and oxygen atoms in total. The lowest BCUT2D eigenvalue weighted by Crippen LogP contribution is -2.46. The van der Waals surface area contributed by atoms with E-state index in [1.54, 1.807) is 24.4 Å².